The van der Waals surface area contributed by atoms with Crippen LogP contribution in [0.25, 0.3) is 0 Å². The molecular formula is C16H20FN5O2S. The molecule has 0 saturated carbocycles. The summed E-state index contributed by atoms with van der Waals surface area (Å²) in [5.41, 5.74) is 0.757. The van der Waals surface area contributed by atoms with Crippen molar-refractivity contribution in [1.82, 2.24) is 20.8 Å². The molecule has 1 aromatic carbocycles. The van der Waals surface area contributed by atoms with E-state index in [0.717, 1.165) is 17.0 Å². The fraction of sp³-hybridized carbons (Fsp3) is 0.375. The van der Waals surface area contributed by atoms with Crippen LogP contribution in [0.5, 0.6) is 0 Å². The van der Waals surface area contributed by atoms with Crippen molar-refractivity contribution in [2.45, 2.75) is 26.8 Å². The van der Waals surface area contributed by atoms with E-state index in [-0.39, 0.29) is 24.8 Å². The highest BCUT2D eigenvalue weighted by molar-refractivity contribution is 7.15. The Morgan fingerprint density at radius 1 is 1.16 bits per heavy atom. The number of amides is 3. The number of nitrogens with one attached hydrogen (secondary N) is 3. The van der Waals surface area contributed by atoms with Gasteiger partial charge in [-0.3, -0.25) is 10.1 Å². The van der Waals surface area contributed by atoms with Gasteiger partial charge in [0.2, 0.25) is 11.0 Å². The van der Waals surface area contributed by atoms with Crippen molar-refractivity contribution < 1.29 is 14.0 Å². The van der Waals surface area contributed by atoms with Crippen LogP contribution in [0.3, 0.4) is 0 Å². The highest BCUT2D eigenvalue weighted by Gasteiger charge is 2.10. The Morgan fingerprint density at radius 3 is 2.56 bits per heavy atom. The van der Waals surface area contributed by atoms with E-state index in [9.17, 15) is 14.0 Å². The van der Waals surface area contributed by atoms with Crippen molar-refractivity contribution in [3.8, 4) is 0 Å². The van der Waals surface area contributed by atoms with Crippen molar-refractivity contribution in [2.75, 3.05) is 11.9 Å². The Bertz CT molecular complexity index is 718. The molecule has 0 saturated heterocycles. The van der Waals surface area contributed by atoms with Crippen LogP contribution in [0, 0.1) is 11.7 Å². The molecule has 3 amide bonds. The topological polar surface area (TPSA) is 96.0 Å². The van der Waals surface area contributed by atoms with Gasteiger partial charge in [-0.15, -0.1) is 10.2 Å². The summed E-state index contributed by atoms with van der Waals surface area (Å²) < 4.78 is 12.8. The Morgan fingerprint density at radius 2 is 1.88 bits per heavy atom. The third kappa shape index (κ3) is 6.84. The number of anilines is 1. The van der Waals surface area contributed by atoms with Gasteiger partial charge < -0.3 is 10.6 Å². The quantitative estimate of drug-likeness (QED) is 0.702. The standard InChI is InChI=1S/C16H20FN5O2S/c1-10(2)7-14-21-22-16(25-14)20-13(23)9-19-15(24)18-8-11-3-5-12(17)6-4-11/h3-6,10H,7-9H2,1-2H3,(H2,18,19,24)(H,20,22,23). The van der Waals surface area contributed by atoms with Gasteiger partial charge in [-0.2, -0.15) is 0 Å². The first-order valence-electron chi connectivity index (χ1n) is 7.80. The number of rotatable bonds is 7. The average Bonchev–Trinajstić information content (AvgIpc) is 2.98. The van der Waals surface area contributed by atoms with Crippen LogP contribution in [-0.2, 0) is 17.8 Å². The lowest BCUT2D eigenvalue weighted by Crippen LogP contribution is -2.39. The molecule has 7 nitrogen and oxygen atoms in total. The van der Waals surface area contributed by atoms with Crippen LogP contribution in [0.2, 0.25) is 0 Å². The number of hydrogen-bond donors (Lipinski definition) is 3. The lowest BCUT2D eigenvalue weighted by atomic mass is 10.1. The van der Waals surface area contributed by atoms with Gasteiger partial charge in [0.15, 0.2) is 0 Å². The molecule has 25 heavy (non-hydrogen) atoms. The molecule has 2 aromatic rings. The van der Waals surface area contributed by atoms with Crippen LogP contribution in [0.15, 0.2) is 24.3 Å². The molecular weight excluding hydrogens is 345 g/mol. The number of urea groups is 1. The van der Waals surface area contributed by atoms with Gasteiger partial charge in [0, 0.05) is 13.0 Å². The second-order valence-corrected chi connectivity index (χ2v) is 6.87. The average molecular weight is 365 g/mol. The molecule has 0 unspecified atom stereocenters. The Hall–Kier alpha value is -2.55. The minimum Gasteiger partial charge on any atom is -0.334 e. The minimum absolute atomic E-state index is 0.186. The Labute approximate surface area is 149 Å². The molecule has 134 valence electrons. The smallest absolute Gasteiger partial charge is 0.315 e. The van der Waals surface area contributed by atoms with Crippen LogP contribution in [0.1, 0.15) is 24.4 Å². The van der Waals surface area contributed by atoms with Crippen LogP contribution >= 0.6 is 11.3 Å². The van der Waals surface area contributed by atoms with E-state index in [1.807, 2.05) is 0 Å². The van der Waals surface area contributed by atoms with Gasteiger partial charge >= 0.3 is 6.03 Å². The predicted molar refractivity (Wildman–Crippen MR) is 93.7 cm³/mol. The van der Waals surface area contributed by atoms with Crippen molar-refractivity contribution >= 4 is 28.4 Å². The molecule has 1 aromatic heterocycles. The zero-order chi connectivity index (χ0) is 18.2. The summed E-state index contributed by atoms with van der Waals surface area (Å²) in [5, 5.41) is 16.8. The van der Waals surface area contributed by atoms with E-state index in [1.54, 1.807) is 12.1 Å². The molecule has 0 aliphatic heterocycles. The van der Waals surface area contributed by atoms with Crippen molar-refractivity contribution in [3.63, 3.8) is 0 Å². The first kappa shape index (κ1) is 18.8. The molecule has 0 spiro atoms. The number of benzene rings is 1. The number of nitrogens with zero attached hydrogens (tertiary/aromatic N) is 2. The second kappa shape index (κ2) is 9.07. The molecule has 0 radical (unpaired) electrons. The predicted octanol–water partition coefficient (Wildman–Crippen LogP) is 2.31. The van der Waals surface area contributed by atoms with E-state index < -0.39 is 6.03 Å². The third-order valence-corrected chi connectivity index (χ3v) is 3.93. The monoisotopic (exact) mass is 365 g/mol. The fourth-order valence-electron chi connectivity index (χ4n) is 1.91. The van der Waals surface area contributed by atoms with Crippen LogP contribution < -0.4 is 16.0 Å². The molecule has 0 bridgehead atoms. The minimum atomic E-state index is -0.489. The Kier molecular flexibility index (Phi) is 6.81. The number of hydrogen-bond acceptors (Lipinski definition) is 5. The number of aromatic nitrogens is 2. The summed E-state index contributed by atoms with van der Waals surface area (Å²) in [6.45, 7) is 4.21. The summed E-state index contributed by atoms with van der Waals surface area (Å²) in [6.07, 6.45) is 0.803. The summed E-state index contributed by atoms with van der Waals surface area (Å²) in [4.78, 5) is 23.5. The Balaban J connectivity index is 1.69. The maximum absolute atomic E-state index is 12.8. The maximum atomic E-state index is 12.8. The zero-order valence-electron chi connectivity index (χ0n) is 14.0. The number of halogens is 1. The lowest BCUT2D eigenvalue weighted by molar-refractivity contribution is -0.115. The maximum Gasteiger partial charge on any atom is 0.315 e. The van der Waals surface area contributed by atoms with Crippen LogP contribution in [-0.4, -0.2) is 28.7 Å². The molecule has 0 atom stereocenters. The normalized spacial score (nSPS) is 10.6. The lowest BCUT2D eigenvalue weighted by Gasteiger charge is -2.07. The first-order valence-corrected chi connectivity index (χ1v) is 8.62. The van der Waals surface area contributed by atoms with Gasteiger partial charge in [-0.25, -0.2) is 9.18 Å². The second-order valence-electron chi connectivity index (χ2n) is 5.81. The van der Waals surface area contributed by atoms with E-state index in [0.29, 0.717) is 11.0 Å². The fourth-order valence-corrected chi connectivity index (χ4v) is 2.87. The van der Waals surface area contributed by atoms with E-state index in [1.165, 1.54) is 23.5 Å². The third-order valence-electron chi connectivity index (χ3n) is 3.07. The molecule has 0 fully saturated rings. The van der Waals surface area contributed by atoms with E-state index in [2.05, 4.69) is 40.0 Å². The first-order chi connectivity index (χ1) is 11.9. The van der Waals surface area contributed by atoms with E-state index >= 15 is 0 Å². The van der Waals surface area contributed by atoms with Crippen LogP contribution in [0.4, 0.5) is 14.3 Å². The van der Waals surface area contributed by atoms with Gasteiger partial charge in [-0.05, 0) is 23.6 Å². The molecule has 9 heteroatoms. The summed E-state index contributed by atoms with van der Waals surface area (Å²) in [7, 11) is 0. The zero-order valence-corrected chi connectivity index (χ0v) is 14.8. The summed E-state index contributed by atoms with van der Waals surface area (Å²) in [5.74, 6) is -0.259. The number of carbonyl (C=O) groups is 2. The molecule has 3 N–H and O–H groups in total. The van der Waals surface area contributed by atoms with Crippen molar-refractivity contribution in [1.29, 1.82) is 0 Å². The van der Waals surface area contributed by atoms with Gasteiger partial charge in [-0.1, -0.05) is 37.3 Å². The van der Waals surface area contributed by atoms with Gasteiger partial charge in [0.05, 0.1) is 6.54 Å². The largest absolute Gasteiger partial charge is 0.334 e. The molecule has 2 rings (SSSR count). The van der Waals surface area contributed by atoms with Gasteiger partial charge in [0.25, 0.3) is 0 Å². The molecule has 1 heterocycles. The number of carbonyl (C=O) groups excluding carboxylic acids is 2. The van der Waals surface area contributed by atoms with Gasteiger partial charge in [0.1, 0.15) is 10.8 Å². The SMILES string of the molecule is CC(C)Cc1nnc(NC(=O)CNC(=O)NCc2ccc(F)cc2)s1. The summed E-state index contributed by atoms with van der Waals surface area (Å²) >= 11 is 1.32. The highest BCUT2D eigenvalue weighted by Crippen LogP contribution is 2.17. The molecule has 0 aliphatic carbocycles. The summed E-state index contributed by atoms with van der Waals surface area (Å²) in [6, 6.07) is 5.30. The van der Waals surface area contributed by atoms with Crippen molar-refractivity contribution in [2.24, 2.45) is 5.92 Å². The van der Waals surface area contributed by atoms with E-state index in [4.69, 9.17) is 0 Å². The highest BCUT2D eigenvalue weighted by atomic mass is 32.1. The van der Waals surface area contributed by atoms with Crippen molar-refractivity contribution in [3.05, 3.63) is 40.7 Å². The molecule has 0 aliphatic rings.